The standard InChI is InChI=1S/C14H7Cl2F3N2/c15-9-2-4-13(12(16)5-9)21-10-3-1-8(7-20)11(6-10)14(17,18)19/h1-6,21H. The van der Waals surface area contributed by atoms with Crippen LogP contribution in [-0.4, -0.2) is 0 Å². The summed E-state index contributed by atoms with van der Waals surface area (Å²) in [6.45, 7) is 0. The van der Waals surface area contributed by atoms with Gasteiger partial charge >= 0.3 is 6.18 Å². The Morgan fingerprint density at radius 1 is 1.05 bits per heavy atom. The van der Waals surface area contributed by atoms with E-state index >= 15 is 0 Å². The number of alkyl halides is 3. The average Bonchev–Trinajstić information content (AvgIpc) is 2.41. The van der Waals surface area contributed by atoms with Crippen LogP contribution in [0.4, 0.5) is 24.5 Å². The van der Waals surface area contributed by atoms with E-state index in [0.717, 1.165) is 12.1 Å². The minimum Gasteiger partial charge on any atom is -0.354 e. The van der Waals surface area contributed by atoms with E-state index in [0.29, 0.717) is 10.7 Å². The molecule has 0 unspecified atom stereocenters. The van der Waals surface area contributed by atoms with E-state index in [4.69, 9.17) is 28.5 Å². The van der Waals surface area contributed by atoms with Crippen molar-refractivity contribution in [1.29, 1.82) is 5.26 Å². The predicted molar refractivity (Wildman–Crippen MR) is 75.9 cm³/mol. The molecule has 0 aromatic heterocycles. The zero-order valence-corrected chi connectivity index (χ0v) is 11.8. The fourth-order valence-corrected chi connectivity index (χ4v) is 2.16. The molecule has 0 aliphatic carbocycles. The van der Waals surface area contributed by atoms with E-state index in [2.05, 4.69) is 5.32 Å². The molecule has 0 heterocycles. The fraction of sp³-hybridized carbons (Fsp3) is 0.0714. The third-order valence-corrected chi connectivity index (χ3v) is 3.20. The van der Waals surface area contributed by atoms with Crippen LogP contribution >= 0.6 is 23.2 Å². The van der Waals surface area contributed by atoms with Gasteiger partial charge < -0.3 is 5.32 Å². The molecule has 2 aromatic rings. The van der Waals surface area contributed by atoms with Crippen molar-refractivity contribution in [2.75, 3.05) is 5.32 Å². The number of nitrogens with one attached hydrogen (secondary N) is 1. The highest BCUT2D eigenvalue weighted by molar-refractivity contribution is 6.36. The first-order valence-corrected chi connectivity index (χ1v) is 6.40. The number of hydrogen-bond donors (Lipinski definition) is 1. The molecule has 0 saturated carbocycles. The number of hydrogen-bond acceptors (Lipinski definition) is 2. The summed E-state index contributed by atoms with van der Waals surface area (Å²) in [5.74, 6) is 0. The topological polar surface area (TPSA) is 35.8 Å². The van der Waals surface area contributed by atoms with E-state index in [1.807, 2.05) is 0 Å². The zero-order valence-electron chi connectivity index (χ0n) is 10.3. The Balaban J connectivity index is 2.40. The quantitative estimate of drug-likeness (QED) is 0.774. The highest BCUT2D eigenvalue weighted by Gasteiger charge is 2.33. The highest BCUT2D eigenvalue weighted by atomic mass is 35.5. The second kappa shape index (κ2) is 5.84. The van der Waals surface area contributed by atoms with Crippen molar-refractivity contribution in [3.05, 3.63) is 57.6 Å². The minimum atomic E-state index is -4.60. The summed E-state index contributed by atoms with van der Waals surface area (Å²) in [5, 5.41) is 12.2. The van der Waals surface area contributed by atoms with Crippen LogP contribution in [0.15, 0.2) is 36.4 Å². The summed E-state index contributed by atoms with van der Waals surface area (Å²) in [6.07, 6.45) is -4.60. The molecule has 2 nitrogen and oxygen atoms in total. The maximum Gasteiger partial charge on any atom is 0.417 e. The van der Waals surface area contributed by atoms with E-state index in [1.54, 1.807) is 12.1 Å². The molecule has 7 heteroatoms. The number of rotatable bonds is 2. The van der Waals surface area contributed by atoms with Gasteiger partial charge in [0, 0.05) is 10.7 Å². The largest absolute Gasteiger partial charge is 0.417 e. The van der Waals surface area contributed by atoms with Crippen LogP contribution in [0.25, 0.3) is 0 Å². The van der Waals surface area contributed by atoms with Crippen molar-refractivity contribution in [1.82, 2.24) is 0 Å². The van der Waals surface area contributed by atoms with Gasteiger partial charge in [0.2, 0.25) is 0 Å². The summed E-state index contributed by atoms with van der Waals surface area (Å²) in [7, 11) is 0. The maximum absolute atomic E-state index is 12.9. The number of anilines is 2. The Kier molecular flexibility index (Phi) is 4.31. The van der Waals surface area contributed by atoms with Crippen molar-refractivity contribution < 1.29 is 13.2 Å². The van der Waals surface area contributed by atoms with E-state index < -0.39 is 17.3 Å². The number of nitriles is 1. The van der Waals surface area contributed by atoms with Crippen LogP contribution in [0.1, 0.15) is 11.1 Å². The lowest BCUT2D eigenvalue weighted by molar-refractivity contribution is -0.137. The molecule has 2 aromatic carbocycles. The van der Waals surface area contributed by atoms with Gasteiger partial charge in [0.1, 0.15) is 0 Å². The fourth-order valence-electron chi connectivity index (χ4n) is 1.70. The molecule has 0 saturated heterocycles. The van der Waals surface area contributed by atoms with Crippen LogP contribution in [0, 0.1) is 11.3 Å². The number of halogens is 5. The first kappa shape index (κ1) is 15.5. The van der Waals surface area contributed by atoms with Gasteiger partial charge in [0.15, 0.2) is 0 Å². The highest BCUT2D eigenvalue weighted by Crippen LogP contribution is 2.35. The van der Waals surface area contributed by atoms with Gasteiger partial charge in [-0.15, -0.1) is 0 Å². The molecule has 0 amide bonds. The van der Waals surface area contributed by atoms with Crippen LogP contribution in [0.5, 0.6) is 0 Å². The van der Waals surface area contributed by atoms with Crippen LogP contribution in [0.2, 0.25) is 10.0 Å². The smallest absolute Gasteiger partial charge is 0.354 e. The Bertz CT molecular complexity index is 721. The lowest BCUT2D eigenvalue weighted by Gasteiger charge is -2.13. The monoisotopic (exact) mass is 330 g/mol. The molecule has 0 bridgehead atoms. The second-order valence-corrected chi connectivity index (χ2v) is 4.96. The minimum absolute atomic E-state index is 0.172. The molecule has 0 aliphatic heterocycles. The van der Waals surface area contributed by atoms with E-state index in [-0.39, 0.29) is 10.7 Å². The Labute approximate surface area is 128 Å². The van der Waals surface area contributed by atoms with Gasteiger partial charge in [0.05, 0.1) is 27.9 Å². The predicted octanol–water partition coefficient (Wildman–Crippen LogP) is 5.63. The van der Waals surface area contributed by atoms with Crippen molar-refractivity contribution in [2.45, 2.75) is 6.18 Å². The van der Waals surface area contributed by atoms with E-state index in [9.17, 15) is 13.2 Å². The molecule has 108 valence electrons. The molecule has 1 N–H and O–H groups in total. The van der Waals surface area contributed by atoms with Gasteiger partial charge in [-0.2, -0.15) is 18.4 Å². The normalized spacial score (nSPS) is 11.0. The lowest BCUT2D eigenvalue weighted by Crippen LogP contribution is -2.08. The Morgan fingerprint density at radius 3 is 2.33 bits per heavy atom. The molecule has 0 atom stereocenters. The van der Waals surface area contributed by atoms with Crippen LogP contribution < -0.4 is 5.32 Å². The van der Waals surface area contributed by atoms with Gasteiger partial charge in [-0.3, -0.25) is 0 Å². The van der Waals surface area contributed by atoms with Crippen LogP contribution in [0.3, 0.4) is 0 Å². The number of benzene rings is 2. The van der Waals surface area contributed by atoms with Gasteiger partial charge in [0.25, 0.3) is 0 Å². The van der Waals surface area contributed by atoms with Gasteiger partial charge in [-0.25, -0.2) is 0 Å². The summed E-state index contributed by atoms with van der Waals surface area (Å²) in [5.41, 5.74) is -0.847. The molecule has 0 aliphatic rings. The van der Waals surface area contributed by atoms with Crippen molar-refractivity contribution >= 4 is 34.6 Å². The first-order chi connectivity index (χ1) is 9.81. The SMILES string of the molecule is N#Cc1ccc(Nc2ccc(Cl)cc2Cl)cc1C(F)(F)F. The zero-order chi connectivity index (χ0) is 15.6. The maximum atomic E-state index is 12.9. The summed E-state index contributed by atoms with van der Waals surface area (Å²) in [4.78, 5) is 0. The Hall–Kier alpha value is -1.90. The molecule has 21 heavy (non-hydrogen) atoms. The average molecular weight is 331 g/mol. The number of nitrogens with zero attached hydrogens (tertiary/aromatic N) is 1. The van der Waals surface area contributed by atoms with Crippen molar-refractivity contribution in [3.63, 3.8) is 0 Å². The van der Waals surface area contributed by atoms with Crippen LogP contribution in [-0.2, 0) is 6.18 Å². The lowest BCUT2D eigenvalue weighted by atomic mass is 10.1. The third kappa shape index (κ3) is 3.60. The molecule has 0 spiro atoms. The molecule has 0 fully saturated rings. The molecule has 2 rings (SSSR count). The molecular weight excluding hydrogens is 324 g/mol. The molecular formula is C14H7Cl2F3N2. The van der Waals surface area contributed by atoms with E-state index in [1.165, 1.54) is 18.2 Å². The summed E-state index contributed by atoms with van der Waals surface area (Å²) in [6, 6.07) is 9.45. The summed E-state index contributed by atoms with van der Waals surface area (Å²) >= 11 is 11.7. The molecule has 0 radical (unpaired) electrons. The van der Waals surface area contributed by atoms with Gasteiger partial charge in [-0.05, 0) is 36.4 Å². The van der Waals surface area contributed by atoms with Crippen molar-refractivity contribution in [3.8, 4) is 6.07 Å². The second-order valence-electron chi connectivity index (χ2n) is 4.12. The third-order valence-electron chi connectivity index (χ3n) is 2.66. The Morgan fingerprint density at radius 2 is 1.76 bits per heavy atom. The van der Waals surface area contributed by atoms with Crippen molar-refractivity contribution in [2.24, 2.45) is 0 Å². The first-order valence-electron chi connectivity index (χ1n) is 5.64. The van der Waals surface area contributed by atoms with Gasteiger partial charge in [-0.1, -0.05) is 23.2 Å². The summed E-state index contributed by atoms with van der Waals surface area (Å²) < 4.78 is 38.6.